The summed E-state index contributed by atoms with van der Waals surface area (Å²) in [5, 5.41) is 7.00. The maximum Gasteiger partial charge on any atom is 0.416 e. The van der Waals surface area contributed by atoms with E-state index in [0.717, 1.165) is 25.7 Å². The summed E-state index contributed by atoms with van der Waals surface area (Å²) in [5.41, 5.74) is 7.26. The van der Waals surface area contributed by atoms with Crippen molar-refractivity contribution in [3.8, 4) is 0 Å². The van der Waals surface area contributed by atoms with Gasteiger partial charge in [0, 0.05) is 55.0 Å². The number of anilines is 3. The molecule has 0 bridgehead atoms. The lowest BCUT2D eigenvalue weighted by Gasteiger charge is -2.34. The van der Waals surface area contributed by atoms with E-state index in [0.29, 0.717) is 40.1 Å². The highest BCUT2D eigenvalue weighted by Gasteiger charge is 2.34. The molecule has 220 valence electrons. The Balaban J connectivity index is 1.31. The van der Waals surface area contributed by atoms with Crippen LogP contribution in [-0.2, 0) is 12.7 Å². The Morgan fingerprint density at radius 3 is 2.45 bits per heavy atom. The van der Waals surface area contributed by atoms with Crippen molar-refractivity contribution < 1.29 is 22.8 Å². The smallest absolute Gasteiger partial charge is 0.382 e. The molecule has 1 aliphatic rings. The Morgan fingerprint density at radius 2 is 1.74 bits per heavy atom. The minimum absolute atomic E-state index is 0.0278. The number of carbonyl (C=O) groups is 2. The Labute approximate surface area is 244 Å². The normalized spacial score (nSPS) is 14.7. The van der Waals surface area contributed by atoms with E-state index >= 15 is 0 Å². The van der Waals surface area contributed by atoms with E-state index in [9.17, 15) is 22.8 Å². The summed E-state index contributed by atoms with van der Waals surface area (Å²) in [6.45, 7) is 7.95. The van der Waals surface area contributed by atoms with Gasteiger partial charge in [0.25, 0.3) is 11.8 Å². The van der Waals surface area contributed by atoms with Crippen LogP contribution in [0.1, 0.15) is 44.3 Å². The van der Waals surface area contributed by atoms with Crippen molar-refractivity contribution >= 4 is 50.6 Å². The first-order valence-electron chi connectivity index (χ1n) is 13.4. The minimum Gasteiger partial charge on any atom is -0.382 e. The molecule has 0 atom stereocenters. The molecule has 2 aromatic carbocycles. The molecule has 2 aromatic heterocycles. The number of nitrogen functional groups attached to an aromatic ring is 1. The first kappa shape index (κ1) is 29.4. The number of halogens is 3. The zero-order valence-corrected chi connectivity index (χ0v) is 23.9. The van der Waals surface area contributed by atoms with Crippen LogP contribution in [0.4, 0.5) is 30.4 Å². The molecule has 13 heteroatoms. The number of alkyl halides is 3. The molecular formula is C29H30F3N7O2S. The fourth-order valence-electron chi connectivity index (χ4n) is 4.88. The van der Waals surface area contributed by atoms with Crippen molar-refractivity contribution in [2.24, 2.45) is 0 Å². The molecule has 1 saturated heterocycles. The van der Waals surface area contributed by atoms with Gasteiger partial charge in [0.1, 0.15) is 12.1 Å². The van der Waals surface area contributed by atoms with Crippen LogP contribution >= 0.6 is 11.3 Å². The van der Waals surface area contributed by atoms with Gasteiger partial charge in [0.2, 0.25) is 0 Å². The SMILES string of the molecule is CCN1CCN(Cc2ccc(NC(=O)c3ccc(C)c(NC(=O)c4csc5c(N)ncnc45)c3)cc2C(F)(F)F)CC1. The van der Waals surface area contributed by atoms with Crippen LogP contribution in [0.3, 0.4) is 0 Å². The number of aryl methyl sites for hydroxylation is 1. The summed E-state index contributed by atoms with van der Waals surface area (Å²) in [5.74, 6) is -0.777. The zero-order chi connectivity index (χ0) is 30.0. The van der Waals surface area contributed by atoms with E-state index in [1.165, 1.54) is 35.9 Å². The summed E-state index contributed by atoms with van der Waals surface area (Å²) in [4.78, 5) is 38.5. The standard InChI is InChI=1S/C29H30F3N7O2S/c1-3-38-8-10-39(11-9-38)14-19-6-7-20(13-22(19)29(30,31)32)36-27(40)18-5-4-17(2)23(12-18)37-28(41)21-15-42-25-24(21)34-16-35-26(25)33/h4-7,12-13,15-16H,3,8-11,14H2,1-2H3,(H,36,40)(H,37,41)(H2,33,34,35). The average Bonchev–Trinajstić information content (AvgIpc) is 3.40. The second kappa shape index (κ2) is 12.0. The highest BCUT2D eigenvalue weighted by Crippen LogP contribution is 2.35. The van der Waals surface area contributed by atoms with Gasteiger partial charge in [-0.05, 0) is 48.9 Å². The monoisotopic (exact) mass is 597 g/mol. The van der Waals surface area contributed by atoms with Crippen molar-refractivity contribution in [2.75, 3.05) is 49.1 Å². The number of nitrogens with one attached hydrogen (secondary N) is 2. The van der Waals surface area contributed by atoms with Gasteiger partial charge in [0.05, 0.1) is 21.3 Å². The molecular weight excluding hydrogens is 567 g/mol. The number of thiophene rings is 1. The first-order valence-corrected chi connectivity index (χ1v) is 14.3. The van der Waals surface area contributed by atoms with Gasteiger partial charge < -0.3 is 21.3 Å². The summed E-state index contributed by atoms with van der Waals surface area (Å²) in [6.07, 6.45) is -3.30. The van der Waals surface area contributed by atoms with Crippen molar-refractivity contribution in [1.82, 2.24) is 19.8 Å². The van der Waals surface area contributed by atoms with Crippen LogP contribution in [0.15, 0.2) is 48.1 Å². The lowest BCUT2D eigenvalue weighted by Crippen LogP contribution is -2.45. The predicted molar refractivity (Wildman–Crippen MR) is 158 cm³/mol. The quantitative estimate of drug-likeness (QED) is 0.267. The average molecular weight is 598 g/mol. The molecule has 5 rings (SSSR count). The van der Waals surface area contributed by atoms with Gasteiger partial charge in [-0.3, -0.25) is 14.5 Å². The first-order chi connectivity index (χ1) is 20.0. The predicted octanol–water partition coefficient (Wildman–Crippen LogP) is 5.24. The van der Waals surface area contributed by atoms with Crippen molar-refractivity contribution in [3.63, 3.8) is 0 Å². The number of fused-ring (bicyclic) bond motifs is 1. The lowest BCUT2D eigenvalue weighted by molar-refractivity contribution is -0.138. The summed E-state index contributed by atoms with van der Waals surface area (Å²) in [6, 6.07) is 8.56. The number of aromatic nitrogens is 2. The number of amides is 2. The second-order valence-electron chi connectivity index (χ2n) is 10.1. The Hall–Kier alpha value is -4.07. The third kappa shape index (κ3) is 6.37. The molecule has 0 spiro atoms. The number of hydrogen-bond acceptors (Lipinski definition) is 8. The largest absolute Gasteiger partial charge is 0.416 e. The van der Waals surface area contributed by atoms with E-state index in [1.54, 1.807) is 24.4 Å². The number of carbonyl (C=O) groups excluding carboxylic acids is 2. The maximum absolute atomic E-state index is 14.0. The van der Waals surface area contributed by atoms with Gasteiger partial charge in [-0.15, -0.1) is 11.3 Å². The van der Waals surface area contributed by atoms with E-state index in [1.807, 2.05) is 4.90 Å². The number of piperazine rings is 1. The Morgan fingerprint density at radius 1 is 1.00 bits per heavy atom. The molecule has 0 saturated carbocycles. The van der Waals surface area contributed by atoms with Gasteiger partial charge >= 0.3 is 6.18 Å². The van der Waals surface area contributed by atoms with E-state index < -0.39 is 23.6 Å². The van der Waals surface area contributed by atoms with Crippen LogP contribution in [0, 0.1) is 6.92 Å². The topological polar surface area (TPSA) is 116 Å². The molecule has 9 nitrogen and oxygen atoms in total. The van der Waals surface area contributed by atoms with E-state index in [4.69, 9.17) is 5.73 Å². The number of benzene rings is 2. The molecule has 1 aliphatic heterocycles. The highest BCUT2D eigenvalue weighted by atomic mass is 32.1. The molecule has 3 heterocycles. The third-order valence-corrected chi connectivity index (χ3v) is 8.34. The van der Waals surface area contributed by atoms with Crippen molar-refractivity contribution in [1.29, 1.82) is 0 Å². The number of hydrogen-bond donors (Lipinski definition) is 3. The lowest BCUT2D eigenvalue weighted by atomic mass is 10.0. The number of nitrogens with two attached hydrogens (primary N) is 1. The molecule has 0 unspecified atom stereocenters. The van der Waals surface area contributed by atoms with E-state index in [2.05, 4.69) is 32.4 Å². The minimum atomic E-state index is -4.58. The van der Waals surface area contributed by atoms with E-state index in [-0.39, 0.29) is 29.2 Å². The molecule has 0 aliphatic carbocycles. The summed E-state index contributed by atoms with van der Waals surface area (Å²) >= 11 is 1.25. The zero-order valence-electron chi connectivity index (χ0n) is 23.1. The highest BCUT2D eigenvalue weighted by molar-refractivity contribution is 7.18. The Bertz CT molecular complexity index is 1630. The molecule has 42 heavy (non-hydrogen) atoms. The van der Waals surface area contributed by atoms with Crippen LogP contribution in [0.25, 0.3) is 10.2 Å². The maximum atomic E-state index is 14.0. The van der Waals surface area contributed by atoms with Crippen LogP contribution in [-0.4, -0.2) is 64.3 Å². The van der Waals surface area contributed by atoms with Gasteiger partial charge in [-0.1, -0.05) is 19.1 Å². The van der Waals surface area contributed by atoms with Gasteiger partial charge in [-0.25, -0.2) is 9.97 Å². The second-order valence-corrected chi connectivity index (χ2v) is 11.0. The Kier molecular flexibility index (Phi) is 8.43. The van der Waals surface area contributed by atoms with Crippen LogP contribution < -0.4 is 16.4 Å². The summed E-state index contributed by atoms with van der Waals surface area (Å²) < 4.78 is 42.7. The van der Waals surface area contributed by atoms with Crippen molar-refractivity contribution in [3.05, 3.63) is 75.9 Å². The number of likely N-dealkylation sites (N-methyl/N-ethyl adjacent to an activating group) is 1. The van der Waals surface area contributed by atoms with Crippen molar-refractivity contribution in [2.45, 2.75) is 26.6 Å². The summed E-state index contributed by atoms with van der Waals surface area (Å²) in [7, 11) is 0. The molecule has 2 amide bonds. The fourth-order valence-corrected chi connectivity index (χ4v) is 5.78. The molecule has 0 radical (unpaired) electrons. The third-order valence-electron chi connectivity index (χ3n) is 7.35. The molecule has 4 aromatic rings. The van der Waals surface area contributed by atoms with Crippen LogP contribution in [0.2, 0.25) is 0 Å². The van der Waals surface area contributed by atoms with Crippen LogP contribution in [0.5, 0.6) is 0 Å². The number of nitrogens with zero attached hydrogens (tertiary/aromatic N) is 4. The van der Waals surface area contributed by atoms with Gasteiger partial charge in [-0.2, -0.15) is 13.2 Å². The fraction of sp³-hybridized carbons (Fsp3) is 0.310. The van der Waals surface area contributed by atoms with Gasteiger partial charge in [0.15, 0.2) is 0 Å². The molecule has 1 fully saturated rings. The number of rotatable bonds is 7. The molecule has 4 N–H and O–H groups in total.